The molecule has 0 unspecified atom stereocenters. The monoisotopic (exact) mass is 606 g/mol. The van der Waals surface area contributed by atoms with Gasteiger partial charge >= 0.3 is 231 Å². The number of halogens is 3. The van der Waals surface area contributed by atoms with Crippen LogP contribution in [0, 0.1) is 17.8 Å². The van der Waals surface area contributed by atoms with Crippen molar-refractivity contribution in [3.8, 4) is 17.6 Å². The number of carbonyl (C=O) groups is 1. The van der Waals surface area contributed by atoms with E-state index in [1.165, 1.54) is 7.11 Å². The molecule has 206 valence electrons. The number of alkyl halides is 3. The van der Waals surface area contributed by atoms with Crippen molar-refractivity contribution in [1.29, 1.82) is 0 Å². The second-order valence-corrected chi connectivity index (χ2v) is 12.0. The molecule has 3 N–H and O–H groups in total. The van der Waals surface area contributed by atoms with Gasteiger partial charge in [0, 0.05) is 0 Å². The van der Waals surface area contributed by atoms with Gasteiger partial charge in [-0.1, -0.05) is 0 Å². The maximum absolute atomic E-state index is 13.6. The van der Waals surface area contributed by atoms with Crippen molar-refractivity contribution in [3.63, 3.8) is 0 Å². The van der Waals surface area contributed by atoms with Gasteiger partial charge in [-0.05, 0) is 0 Å². The number of carbonyl (C=O) groups excluding carboxylic acids is 1. The minimum atomic E-state index is -4.34. The van der Waals surface area contributed by atoms with Crippen molar-refractivity contribution in [2.75, 3.05) is 51.5 Å². The van der Waals surface area contributed by atoms with Crippen molar-refractivity contribution >= 4 is 42.5 Å². The number of fused-ring (bicyclic) bond motifs is 2. The fourth-order valence-electron chi connectivity index (χ4n) is 5.12. The Kier molecular flexibility index (Phi) is 7.42. The summed E-state index contributed by atoms with van der Waals surface area (Å²) in [6, 6.07) is 6.64. The molecule has 0 radical (unpaired) electrons. The second kappa shape index (κ2) is 10.6. The summed E-state index contributed by atoms with van der Waals surface area (Å²) in [5.41, 5.74) is 1.87. The normalized spacial score (nSPS) is 20.5. The molecule has 0 spiro atoms. The number of nitrogens with one attached hydrogen (secondary N) is 3. The fourth-order valence-corrected chi connectivity index (χ4v) is 6.59. The predicted molar refractivity (Wildman–Crippen MR) is 145 cm³/mol. The van der Waals surface area contributed by atoms with E-state index in [-0.39, 0.29) is 22.6 Å². The number of ether oxygens (including phenoxy) is 1. The van der Waals surface area contributed by atoms with Crippen LogP contribution in [0.5, 0.6) is 5.75 Å². The van der Waals surface area contributed by atoms with E-state index in [0.717, 1.165) is 25.9 Å². The summed E-state index contributed by atoms with van der Waals surface area (Å²) in [4.78, 5) is 18.8. The Morgan fingerprint density at radius 3 is 2.87 bits per heavy atom. The molecule has 1 aliphatic heterocycles. The molecule has 12 heteroatoms. The zero-order valence-corrected chi connectivity index (χ0v) is 23.5. The number of likely N-dealkylation sites (tertiary alicyclic amines) is 1. The third kappa shape index (κ3) is 5.81. The van der Waals surface area contributed by atoms with Crippen molar-refractivity contribution in [1.82, 2.24) is 19.6 Å². The number of nitrogens with zero attached hydrogens (tertiary/aromatic N) is 3. The fraction of sp³-hybridized carbons (Fsp3) is 0.407. The molecule has 2 aromatic heterocycles. The first-order valence-corrected chi connectivity index (χ1v) is 14.2. The first-order chi connectivity index (χ1) is 18.6. The number of benzene rings is 1. The molecular weight excluding hydrogens is 576 g/mol. The molecule has 3 heterocycles. The van der Waals surface area contributed by atoms with Gasteiger partial charge in [0.25, 0.3) is 0 Å². The van der Waals surface area contributed by atoms with E-state index in [4.69, 9.17) is 4.74 Å². The molecule has 1 saturated heterocycles. The Morgan fingerprint density at radius 2 is 2.15 bits per heavy atom. The van der Waals surface area contributed by atoms with Crippen molar-refractivity contribution in [2.45, 2.75) is 23.5 Å². The zero-order chi connectivity index (χ0) is 27.8. The molecule has 2 aliphatic rings. The third-order valence-corrected chi connectivity index (χ3v) is 8.98. The molecule has 2 fully saturated rings. The van der Waals surface area contributed by atoms with Crippen LogP contribution in [-0.2, 0) is 0 Å². The van der Waals surface area contributed by atoms with Crippen LogP contribution in [0.15, 0.2) is 36.7 Å². The number of hydrogen-bond donors (Lipinski definition) is 3. The summed E-state index contributed by atoms with van der Waals surface area (Å²) in [6.07, 6.45) is 5.11. The van der Waals surface area contributed by atoms with Crippen LogP contribution in [0.25, 0.3) is 5.52 Å². The molecule has 2 atom stereocenters. The van der Waals surface area contributed by atoms with Gasteiger partial charge in [-0.3, -0.25) is 0 Å². The van der Waals surface area contributed by atoms with E-state index < -0.39 is 20.0 Å². The Morgan fingerprint density at radius 1 is 1.33 bits per heavy atom. The summed E-state index contributed by atoms with van der Waals surface area (Å²) < 4.78 is 47.9. The van der Waals surface area contributed by atoms with Crippen LogP contribution in [0.2, 0.25) is 0 Å². The van der Waals surface area contributed by atoms with E-state index >= 15 is 0 Å². The quantitative estimate of drug-likeness (QED) is 0.284. The molecule has 1 aromatic carbocycles. The van der Waals surface area contributed by atoms with Crippen LogP contribution in [0.3, 0.4) is 0 Å². The molecule has 3 aromatic rings. The number of piperidine rings is 1. The molecule has 1 amide bonds. The van der Waals surface area contributed by atoms with Gasteiger partial charge in [-0.25, -0.2) is 0 Å². The second-order valence-electron chi connectivity index (χ2n) is 9.79. The zero-order valence-electron chi connectivity index (χ0n) is 21.8. The molecule has 39 heavy (non-hydrogen) atoms. The Labute approximate surface area is 230 Å². The molecule has 5 rings (SSSR count). The van der Waals surface area contributed by atoms with Gasteiger partial charge < -0.3 is 0 Å². The van der Waals surface area contributed by atoms with Gasteiger partial charge in [0.05, 0.1) is 0 Å². The predicted octanol–water partition coefficient (Wildman–Crippen LogP) is 2.52. The summed E-state index contributed by atoms with van der Waals surface area (Å²) in [7, 11) is 5.16. The van der Waals surface area contributed by atoms with E-state index in [0.29, 0.717) is 39.8 Å². The van der Waals surface area contributed by atoms with E-state index in [1.54, 1.807) is 48.1 Å². The standard InChI is InChI=1S/C27H29F3N6O2Se/c1-31-24(37)17-6-7-22(38-3)20(13-17)32-9-4-5-18-14-21-23(34-26-8-11-35(2)16-19(26)15-26)33-10-12-36(21)25(18)39-27(28,29)30/h6-7,10,12-14,19,32H,8-9,11,15-16H2,1-3H3,(H,31,37)(H,33,34)/t19-,26+/m1/s1. The third-order valence-electron chi connectivity index (χ3n) is 7.21. The Hall–Kier alpha value is -3.39. The number of hydrogen-bond acceptors (Lipinski definition) is 6. The summed E-state index contributed by atoms with van der Waals surface area (Å²) in [6.45, 7) is 2.11. The first-order valence-electron chi connectivity index (χ1n) is 12.5. The van der Waals surface area contributed by atoms with E-state index in [1.807, 2.05) is 0 Å². The van der Waals surface area contributed by atoms with E-state index in [9.17, 15) is 18.0 Å². The van der Waals surface area contributed by atoms with Crippen LogP contribution in [0.1, 0.15) is 28.8 Å². The van der Waals surface area contributed by atoms with Crippen LogP contribution in [0.4, 0.5) is 24.7 Å². The molecule has 0 bridgehead atoms. The maximum atomic E-state index is 13.6. The number of amides is 1. The number of rotatable bonds is 7. The molecular formula is C27H29F3N6O2Se. The minimum absolute atomic E-state index is 0.0427. The summed E-state index contributed by atoms with van der Waals surface area (Å²) in [5.74, 6) is 7.25. The average Bonchev–Trinajstić information content (AvgIpc) is 3.50. The van der Waals surface area contributed by atoms with Crippen LogP contribution < -0.4 is 25.3 Å². The topological polar surface area (TPSA) is 82.9 Å². The summed E-state index contributed by atoms with van der Waals surface area (Å²) >= 11 is -1.80. The van der Waals surface area contributed by atoms with E-state index in [2.05, 4.69) is 44.7 Å². The van der Waals surface area contributed by atoms with Crippen LogP contribution in [-0.4, -0.2) is 86.6 Å². The molecule has 1 saturated carbocycles. The molecule has 1 aliphatic carbocycles. The van der Waals surface area contributed by atoms with Gasteiger partial charge in [0.2, 0.25) is 0 Å². The summed E-state index contributed by atoms with van der Waals surface area (Å²) in [5, 5.41) is 4.91. The number of anilines is 2. The molecule has 8 nitrogen and oxygen atoms in total. The van der Waals surface area contributed by atoms with Gasteiger partial charge in [0.1, 0.15) is 0 Å². The van der Waals surface area contributed by atoms with Crippen molar-refractivity contribution in [3.05, 3.63) is 47.8 Å². The van der Waals surface area contributed by atoms with Crippen molar-refractivity contribution < 1.29 is 22.7 Å². The SMILES string of the molecule is CNC(=O)c1ccc(OC)c(NCC#Cc2cc3c(N[C@]45CCN(C)C[C@H]4C5)nccn3c2[Se]C(F)(F)F)c1. The van der Waals surface area contributed by atoms with Gasteiger partial charge in [-0.2, -0.15) is 0 Å². The first kappa shape index (κ1) is 27.2. The Balaban J connectivity index is 1.41. The van der Waals surface area contributed by atoms with Crippen LogP contribution >= 0.6 is 0 Å². The van der Waals surface area contributed by atoms with Gasteiger partial charge in [-0.15, -0.1) is 0 Å². The van der Waals surface area contributed by atoms with Crippen molar-refractivity contribution in [2.24, 2.45) is 5.92 Å². The number of methoxy groups -OCH3 is 1. The Bertz CT molecular complexity index is 1460. The number of aromatic nitrogens is 2. The van der Waals surface area contributed by atoms with Gasteiger partial charge in [0.15, 0.2) is 0 Å². The average molecular weight is 606 g/mol.